The maximum Gasteiger partial charge on any atom is 0.329 e. The van der Waals surface area contributed by atoms with Crippen molar-refractivity contribution in [2.45, 2.75) is 25.4 Å². The summed E-state index contributed by atoms with van der Waals surface area (Å²) < 4.78 is 10.9. The molecule has 0 rings (SSSR count). The molecule has 0 heterocycles. The van der Waals surface area contributed by atoms with Crippen LogP contribution in [0.3, 0.4) is 0 Å². The molecule has 7 nitrogen and oxygen atoms in total. The largest absolute Gasteiger partial charge is 0.481 e. The van der Waals surface area contributed by atoms with Crippen molar-refractivity contribution in [2.75, 3.05) is 0 Å². The SMILES string of the molecule is CCC(C(CC(=O)O)C(=O)O)P(=O)(O)O. The summed E-state index contributed by atoms with van der Waals surface area (Å²) in [5.74, 6) is -4.46. The van der Waals surface area contributed by atoms with E-state index in [4.69, 9.17) is 20.0 Å². The molecule has 2 unspecified atom stereocenters. The maximum atomic E-state index is 10.9. The lowest BCUT2D eigenvalue weighted by molar-refractivity contribution is -0.148. The van der Waals surface area contributed by atoms with Gasteiger partial charge in [0.2, 0.25) is 0 Å². The quantitative estimate of drug-likeness (QED) is 0.484. The molecule has 88 valence electrons. The first kappa shape index (κ1) is 14.1. The van der Waals surface area contributed by atoms with Crippen molar-refractivity contribution >= 4 is 19.5 Å². The first-order valence-electron chi connectivity index (χ1n) is 4.20. The Kier molecular flexibility index (Phi) is 4.93. The van der Waals surface area contributed by atoms with Gasteiger partial charge in [0.15, 0.2) is 0 Å². The highest BCUT2D eigenvalue weighted by Gasteiger charge is 2.40. The molecule has 0 aliphatic carbocycles. The average Bonchev–Trinajstić information content (AvgIpc) is 2.00. The second kappa shape index (κ2) is 5.25. The van der Waals surface area contributed by atoms with E-state index in [1.165, 1.54) is 6.92 Å². The molecule has 0 spiro atoms. The zero-order valence-corrected chi connectivity index (χ0v) is 8.92. The fourth-order valence-corrected chi connectivity index (χ4v) is 2.51. The van der Waals surface area contributed by atoms with Crippen LogP contribution in [0.15, 0.2) is 0 Å². The molecule has 0 bridgehead atoms. The first-order chi connectivity index (χ1) is 6.70. The van der Waals surface area contributed by atoms with Crippen LogP contribution >= 0.6 is 7.60 Å². The number of carboxylic acid groups (broad SMARTS) is 2. The van der Waals surface area contributed by atoms with E-state index in [0.717, 1.165) is 0 Å². The Morgan fingerprint density at radius 1 is 1.27 bits per heavy atom. The molecule has 4 N–H and O–H groups in total. The van der Waals surface area contributed by atoms with Gasteiger partial charge in [-0.1, -0.05) is 6.92 Å². The monoisotopic (exact) mass is 240 g/mol. The summed E-state index contributed by atoms with van der Waals surface area (Å²) in [6, 6.07) is 0. The van der Waals surface area contributed by atoms with Gasteiger partial charge < -0.3 is 20.0 Å². The molecule has 0 saturated heterocycles. The van der Waals surface area contributed by atoms with Crippen LogP contribution < -0.4 is 0 Å². The molecule has 0 aliphatic rings. The molecular weight excluding hydrogens is 227 g/mol. The third kappa shape index (κ3) is 4.42. The van der Waals surface area contributed by atoms with E-state index in [1.807, 2.05) is 0 Å². The molecule has 0 amide bonds. The van der Waals surface area contributed by atoms with E-state index < -0.39 is 37.5 Å². The molecule has 0 aromatic carbocycles. The second-order valence-electron chi connectivity index (χ2n) is 3.11. The standard InChI is InChI=1S/C7H13O7P/c1-2-5(15(12,13)14)4(7(10)11)3-6(8)9/h4-5H,2-3H2,1H3,(H,8,9)(H,10,11)(H2,12,13,14). The highest BCUT2D eigenvalue weighted by molar-refractivity contribution is 7.52. The minimum atomic E-state index is -4.59. The summed E-state index contributed by atoms with van der Waals surface area (Å²) in [6.07, 6.45) is -0.881. The molecule has 0 aromatic heterocycles. The minimum absolute atomic E-state index is 0.0888. The number of aliphatic carboxylic acids is 2. The first-order valence-corrected chi connectivity index (χ1v) is 5.88. The average molecular weight is 240 g/mol. The van der Waals surface area contributed by atoms with E-state index in [9.17, 15) is 14.2 Å². The van der Waals surface area contributed by atoms with Crippen molar-refractivity contribution in [1.82, 2.24) is 0 Å². The van der Waals surface area contributed by atoms with Crippen LogP contribution in [-0.2, 0) is 14.2 Å². The van der Waals surface area contributed by atoms with Crippen LogP contribution in [0, 0.1) is 5.92 Å². The Morgan fingerprint density at radius 3 is 1.93 bits per heavy atom. The van der Waals surface area contributed by atoms with Crippen LogP contribution in [0.4, 0.5) is 0 Å². The minimum Gasteiger partial charge on any atom is -0.481 e. The van der Waals surface area contributed by atoms with E-state index in [-0.39, 0.29) is 6.42 Å². The fraction of sp³-hybridized carbons (Fsp3) is 0.714. The topological polar surface area (TPSA) is 132 Å². The normalized spacial score (nSPS) is 15.7. The van der Waals surface area contributed by atoms with Crippen molar-refractivity contribution in [3.63, 3.8) is 0 Å². The summed E-state index contributed by atoms with van der Waals surface area (Å²) >= 11 is 0. The zero-order valence-electron chi connectivity index (χ0n) is 8.03. The number of hydrogen-bond donors (Lipinski definition) is 4. The summed E-state index contributed by atoms with van der Waals surface area (Å²) in [7, 11) is -4.59. The zero-order chi connectivity index (χ0) is 12.2. The predicted molar refractivity (Wildman–Crippen MR) is 49.5 cm³/mol. The van der Waals surface area contributed by atoms with Gasteiger partial charge in [-0.15, -0.1) is 0 Å². The van der Waals surface area contributed by atoms with Crippen LogP contribution in [0.2, 0.25) is 0 Å². The Balaban J connectivity index is 4.95. The van der Waals surface area contributed by atoms with E-state index in [0.29, 0.717) is 0 Å². The lowest BCUT2D eigenvalue weighted by Gasteiger charge is -2.22. The van der Waals surface area contributed by atoms with Crippen LogP contribution in [0.25, 0.3) is 0 Å². The van der Waals surface area contributed by atoms with Crippen molar-refractivity contribution < 1.29 is 34.2 Å². The highest BCUT2D eigenvalue weighted by atomic mass is 31.2. The summed E-state index contributed by atoms with van der Waals surface area (Å²) in [5.41, 5.74) is -1.45. The van der Waals surface area contributed by atoms with Gasteiger partial charge in [0, 0.05) is 0 Å². The molecular formula is C7H13O7P. The molecule has 0 aromatic rings. The number of rotatable bonds is 6. The van der Waals surface area contributed by atoms with Crippen molar-refractivity contribution in [3.8, 4) is 0 Å². The molecule has 8 heteroatoms. The lowest BCUT2D eigenvalue weighted by atomic mass is 9.99. The van der Waals surface area contributed by atoms with Gasteiger partial charge in [-0.25, -0.2) is 0 Å². The molecule has 2 atom stereocenters. The number of carbonyl (C=O) groups is 2. The van der Waals surface area contributed by atoms with Crippen LogP contribution in [-0.4, -0.2) is 37.6 Å². The smallest absolute Gasteiger partial charge is 0.329 e. The van der Waals surface area contributed by atoms with Gasteiger partial charge in [0.25, 0.3) is 0 Å². The van der Waals surface area contributed by atoms with Crippen LogP contribution in [0.5, 0.6) is 0 Å². The van der Waals surface area contributed by atoms with Crippen molar-refractivity contribution in [3.05, 3.63) is 0 Å². The highest BCUT2D eigenvalue weighted by Crippen LogP contribution is 2.47. The summed E-state index contributed by atoms with van der Waals surface area (Å²) in [4.78, 5) is 38.7. The maximum absolute atomic E-state index is 10.9. The van der Waals surface area contributed by atoms with Gasteiger partial charge in [-0.2, -0.15) is 0 Å². The Morgan fingerprint density at radius 2 is 1.73 bits per heavy atom. The van der Waals surface area contributed by atoms with E-state index >= 15 is 0 Å². The molecule has 0 aliphatic heterocycles. The number of hydrogen-bond acceptors (Lipinski definition) is 3. The van der Waals surface area contributed by atoms with Gasteiger partial charge in [-0.05, 0) is 6.42 Å². The van der Waals surface area contributed by atoms with Crippen LogP contribution in [0.1, 0.15) is 19.8 Å². The van der Waals surface area contributed by atoms with Gasteiger partial charge >= 0.3 is 19.5 Å². The van der Waals surface area contributed by atoms with Gasteiger partial charge in [0.05, 0.1) is 18.0 Å². The molecule has 15 heavy (non-hydrogen) atoms. The van der Waals surface area contributed by atoms with Crippen molar-refractivity contribution in [1.29, 1.82) is 0 Å². The third-order valence-electron chi connectivity index (χ3n) is 2.03. The fourth-order valence-electron chi connectivity index (χ4n) is 1.33. The van der Waals surface area contributed by atoms with Crippen molar-refractivity contribution in [2.24, 2.45) is 5.92 Å². The second-order valence-corrected chi connectivity index (χ2v) is 4.95. The third-order valence-corrected chi connectivity index (χ3v) is 3.62. The lowest BCUT2D eigenvalue weighted by Crippen LogP contribution is -2.30. The van der Waals surface area contributed by atoms with E-state index in [2.05, 4.69) is 0 Å². The molecule has 0 radical (unpaired) electrons. The molecule has 0 saturated carbocycles. The molecule has 0 fully saturated rings. The Labute approximate surface area is 85.9 Å². The van der Waals surface area contributed by atoms with Gasteiger partial charge in [0.1, 0.15) is 0 Å². The summed E-state index contributed by atoms with van der Waals surface area (Å²) in [6.45, 7) is 1.40. The summed E-state index contributed by atoms with van der Waals surface area (Å²) in [5, 5.41) is 17.1. The predicted octanol–water partition coefficient (Wildman–Crippen LogP) is 0.118. The Hall–Kier alpha value is -0.910. The van der Waals surface area contributed by atoms with Gasteiger partial charge in [-0.3, -0.25) is 14.2 Å². The Bertz CT molecular complexity index is 294. The van der Waals surface area contributed by atoms with E-state index in [1.54, 1.807) is 0 Å². The number of carboxylic acids is 2.